The summed E-state index contributed by atoms with van der Waals surface area (Å²) >= 11 is 0. The Kier molecular flexibility index (Phi) is 4.71. The Morgan fingerprint density at radius 2 is 2.21 bits per heavy atom. The van der Waals surface area contributed by atoms with E-state index in [1.807, 2.05) is 29.2 Å². The summed E-state index contributed by atoms with van der Waals surface area (Å²) in [7, 11) is 1.59. The molecule has 0 bridgehead atoms. The zero-order chi connectivity index (χ0) is 13.8. The number of benzene rings is 1. The van der Waals surface area contributed by atoms with Gasteiger partial charge >= 0.3 is 0 Å². The molecule has 1 aliphatic rings. The van der Waals surface area contributed by atoms with Gasteiger partial charge in [-0.1, -0.05) is 12.1 Å². The first kappa shape index (κ1) is 14.2. The molecule has 0 amide bonds. The molecule has 1 saturated heterocycles. The molecule has 1 aromatic carbocycles. The lowest BCUT2D eigenvalue weighted by Crippen LogP contribution is -2.44. The zero-order valence-corrected chi connectivity index (χ0v) is 10.9. The van der Waals surface area contributed by atoms with Gasteiger partial charge in [0.15, 0.2) is 0 Å². The van der Waals surface area contributed by atoms with E-state index in [1.165, 1.54) is 0 Å². The number of aliphatic hydroxyl groups excluding tert-OH is 1. The number of rotatable bonds is 4. The molecule has 3 nitrogen and oxygen atoms in total. The summed E-state index contributed by atoms with van der Waals surface area (Å²) in [5.74, 6) is 0.00910. The maximum Gasteiger partial charge on any atom is 0.242 e. The molecule has 2 atom stereocenters. The van der Waals surface area contributed by atoms with Gasteiger partial charge in [-0.2, -0.15) is 0 Å². The van der Waals surface area contributed by atoms with Gasteiger partial charge in [0.1, 0.15) is 5.75 Å². The second-order valence-electron chi connectivity index (χ2n) is 5.03. The number of alkyl halides is 2. The van der Waals surface area contributed by atoms with Crippen molar-refractivity contribution in [1.29, 1.82) is 0 Å². The van der Waals surface area contributed by atoms with Crippen LogP contribution in [0, 0.1) is 5.92 Å². The lowest BCUT2D eigenvalue weighted by Gasteiger charge is -2.35. The fraction of sp³-hybridized carbons (Fsp3) is 0.571. The first-order valence-corrected chi connectivity index (χ1v) is 6.40. The molecule has 19 heavy (non-hydrogen) atoms. The van der Waals surface area contributed by atoms with Gasteiger partial charge in [0.25, 0.3) is 0 Å². The molecule has 0 aromatic heterocycles. The van der Waals surface area contributed by atoms with E-state index in [-0.39, 0.29) is 6.42 Å². The summed E-state index contributed by atoms with van der Waals surface area (Å²) in [5.41, 5.74) is 1.00. The Morgan fingerprint density at radius 1 is 1.42 bits per heavy atom. The van der Waals surface area contributed by atoms with Crippen LogP contribution in [0.2, 0.25) is 0 Å². The highest BCUT2D eigenvalue weighted by Gasteiger charge is 2.31. The van der Waals surface area contributed by atoms with Gasteiger partial charge in [-0.3, -0.25) is 4.90 Å². The third-order valence-corrected chi connectivity index (χ3v) is 3.43. The van der Waals surface area contributed by atoms with Crippen LogP contribution in [0.15, 0.2) is 24.3 Å². The molecule has 2 rings (SSSR count). The summed E-state index contributed by atoms with van der Waals surface area (Å²) in [5, 5.41) is 9.68. The number of methoxy groups -OCH3 is 1. The maximum atomic E-state index is 12.8. The molecular weight excluding hydrogens is 252 g/mol. The lowest BCUT2D eigenvalue weighted by molar-refractivity contribution is -0.0280. The molecule has 106 valence electrons. The Bertz CT molecular complexity index is 414. The van der Waals surface area contributed by atoms with Gasteiger partial charge in [-0.25, -0.2) is 8.78 Å². The highest BCUT2D eigenvalue weighted by atomic mass is 19.3. The largest absolute Gasteiger partial charge is 0.497 e. The van der Waals surface area contributed by atoms with E-state index in [1.54, 1.807) is 7.11 Å². The number of ether oxygens (including phenoxy) is 1. The second kappa shape index (κ2) is 6.30. The fourth-order valence-electron chi connectivity index (χ4n) is 2.54. The molecule has 1 aromatic rings. The van der Waals surface area contributed by atoms with Crippen molar-refractivity contribution in [3.8, 4) is 5.75 Å². The molecule has 1 heterocycles. The van der Waals surface area contributed by atoms with Crippen molar-refractivity contribution in [3.63, 3.8) is 0 Å². The number of β-amino-alcohol motifs (C(OH)–C–C–N with tert-alkyl or cyclic N) is 1. The van der Waals surface area contributed by atoms with Crippen LogP contribution >= 0.6 is 0 Å². The van der Waals surface area contributed by atoms with Crippen molar-refractivity contribution in [3.05, 3.63) is 29.8 Å². The average Bonchev–Trinajstić information content (AvgIpc) is 2.38. The molecule has 0 aliphatic carbocycles. The first-order valence-electron chi connectivity index (χ1n) is 6.40. The van der Waals surface area contributed by atoms with Crippen molar-refractivity contribution < 1.29 is 18.6 Å². The first-order chi connectivity index (χ1) is 9.08. The van der Waals surface area contributed by atoms with E-state index in [0.29, 0.717) is 19.6 Å². The van der Waals surface area contributed by atoms with E-state index < -0.39 is 18.4 Å². The normalized spacial score (nSPS) is 24.7. The molecule has 2 unspecified atom stereocenters. The van der Waals surface area contributed by atoms with Crippen LogP contribution in [0.4, 0.5) is 8.78 Å². The lowest BCUT2D eigenvalue weighted by atomic mass is 9.96. The van der Waals surface area contributed by atoms with Crippen LogP contribution in [0.3, 0.4) is 0 Å². The second-order valence-corrected chi connectivity index (χ2v) is 5.03. The Morgan fingerprint density at radius 3 is 2.89 bits per heavy atom. The van der Waals surface area contributed by atoms with Gasteiger partial charge in [0.2, 0.25) is 6.43 Å². The van der Waals surface area contributed by atoms with Crippen molar-refractivity contribution >= 4 is 0 Å². The summed E-state index contributed by atoms with van der Waals surface area (Å²) < 4.78 is 30.7. The molecule has 0 radical (unpaired) electrons. The van der Waals surface area contributed by atoms with Gasteiger partial charge in [-0.15, -0.1) is 0 Å². The number of halogens is 2. The quantitative estimate of drug-likeness (QED) is 0.910. The number of hydrogen-bond acceptors (Lipinski definition) is 3. The topological polar surface area (TPSA) is 32.7 Å². The van der Waals surface area contributed by atoms with Crippen LogP contribution in [0.1, 0.15) is 12.0 Å². The molecule has 1 fully saturated rings. The van der Waals surface area contributed by atoms with Crippen LogP contribution in [-0.4, -0.2) is 42.7 Å². The molecular formula is C14H19F2NO2. The Labute approximate surface area is 111 Å². The third-order valence-electron chi connectivity index (χ3n) is 3.43. The maximum absolute atomic E-state index is 12.8. The molecule has 1 aliphatic heterocycles. The van der Waals surface area contributed by atoms with Crippen LogP contribution in [0.5, 0.6) is 5.75 Å². The average molecular weight is 271 g/mol. The van der Waals surface area contributed by atoms with Crippen LogP contribution < -0.4 is 4.74 Å². The highest BCUT2D eigenvalue weighted by Crippen LogP contribution is 2.24. The summed E-state index contributed by atoms with van der Waals surface area (Å²) in [6, 6.07) is 7.54. The predicted molar refractivity (Wildman–Crippen MR) is 68.4 cm³/mol. The minimum absolute atomic E-state index is 0.187. The number of hydrogen-bond donors (Lipinski definition) is 1. The smallest absolute Gasteiger partial charge is 0.242 e. The minimum atomic E-state index is -2.37. The number of likely N-dealkylation sites (tertiary alicyclic amines) is 1. The zero-order valence-electron chi connectivity index (χ0n) is 10.9. The van der Waals surface area contributed by atoms with Gasteiger partial charge in [0, 0.05) is 25.6 Å². The van der Waals surface area contributed by atoms with E-state index >= 15 is 0 Å². The summed E-state index contributed by atoms with van der Waals surface area (Å²) in [6.45, 7) is 1.32. The van der Waals surface area contributed by atoms with E-state index in [0.717, 1.165) is 11.3 Å². The molecule has 1 N–H and O–H groups in total. The van der Waals surface area contributed by atoms with Crippen molar-refractivity contribution in [2.45, 2.75) is 25.5 Å². The SMILES string of the molecule is COc1cccc(CN2CC(O)CC(C(F)F)C2)c1. The Balaban J connectivity index is 2.01. The summed E-state index contributed by atoms with van der Waals surface area (Å²) in [6.07, 6.45) is -2.85. The van der Waals surface area contributed by atoms with Crippen molar-refractivity contribution in [2.75, 3.05) is 20.2 Å². The highest BCUT2D eigenvalue weighted by molar-refractivity contribution is 5.28. The van der Waals surface area contributed by atoms with Gasteiger partial charge in [-0.05, 0) is 24.1 Å². The molecule has 5 heteroatoms. The predicted octanol–water partition coefficient (Wildman–Crippen LogP) is 2.14. The minimum Gasteiger partial charge on any atom is -0.497 e. The monoisotopic (exact) mass is 271 g/mol. The number of piperidine rings is 1. The van der Waals surface area contributed by atoms with Crippen LogP contribution in [0.25, 0.3) is 0 Å². The summed E-state index contributed by atoms with van der Waals surface area (Å²) in [4.78, 5) is 1.87. The number of nitrogens with zero attached hydrogens (tertiary/aromatic N) is 1. The van der Waals surface area contributed by atoms with Gasteiger partial charge < -0.3 is 9.84 Å². The van der Waals surface area contributed by atoms with E-state index in [4.69, 9.17) is 4.74 Å². The van der Waals surface area contributed by atoms with E-state index in [9.17, 15) is 13.9 Å². The molecule has 0 saturated carbocycles. The molecule has 0 spiro atoms. The standard InChI is InChI=1S/C14H19F2NO2/c1-19-13-4-2-3-10(5-13)7-17-8-11(14(15)16)6-12(18)9-17/h2-5,11-12,14,18H,6-9H2,1H3. The Hall–Kier alpha value is -1.20. The third kappa shape index (κ3) is 3.88. The van der Waals surface area contributed by atoms with Crippen molar-refractivity contribution in [1.82, 2.24) is 4.90 Å². The van der Waals surface area contributed by atoms with E-state index in [2.05, 4.69) is 0 Å². The fourth-order valence-corrected chi connectivity index (χ4v) is 2.54. The van der Waals surface area contributed by atoms with Crippen molar-refractivity contribution in [2.24, 2.45) is 5.92 Å². The number of aliphatic hydroxyl groups is 1. The van der Waals surface area contributed by atoms with Gasteiger partial charge in [0.05, 0.1) is 13.2 Å². The van der Waals surface area contributed by atoms with Crippen LogP contribution in [-0.2, 0) is 6.54 Å².